The van der Waals surface area contributed by atoms with Gasteiger partial charge in [0.2, 0.25) is 5.91 Å². The second kappa shape index (κ2) is 9.09. The largest absolute Gasteiger partial charge is 0.508 e. The van der Waals surface area contributed by atoms with E-state index in [4.69, 9.17) is 10.7 Å². The summed E-state index contributed by atoms with van der Waals surface area (Å²) in [6.45, 7) is 0. The van der Waals surface area contributed by atoms with Crippen molar-refractivity contribution < 1.29 is 9.90 Å². The summed E-state index contributed by atoms with van der Waals surface area (Å²) >= 11 is 0. The van der Waals surface area contributed by atoms with Crippen molar-refractivity contribution in [3.05, 3.63) is 102 Å². The molecule has 0 aliphatic carbocycles. The van der Waals surface area contributed by atoms with Crippen molar-refractivity contribution in [2.45, 2.75) is 12.8 Å². The standard InChI is InChI=1S/C25H22N4O2/c26-20-10-8-19(9-11-20)23-16-27-25(22(28-23)14-17-4-2-1-3-5-17)29-24(31)15-18-6-12-21(30)13-7-18/h1-13,16,30H,14-15,26H2,(H,27,29,31). The van der Waals surface area contributed by atoms with E-state index in [1.165, 1.54) is 0 Å². The van der Waals surface area contributed by atoms with Gasteiger partial charge in [-0.25, -0.2) is 9.97 Å². The Morgan fingerprint density at radius 1 is 0.903 bits per heavy atom. The van der Waals surface area contributed by atoms with Gasteiger partial charge in [0, 0.05) is 17.7 Å². The number of carbonyl (C=O) groups is 1. The first-order valence-electron chi connectivity index (χ1n) is 9.90. The molecule has 0 fully saturated rings. The summed E-state index contributed by atoms with van der Waals surface area (Å²) in [5, 5.41) is 12.3. The van der Waals surface area contributed by atoms with Gasteiger partial charge in [-0.2, -0.15) is 0 Å². The van der Waals surface area contributed by atoms with E-state index >= 15 is 0 Å². The van der Waals surface area contributed by atoms with Gasteiger partial charge < -0.3 is 16.2 Å². The molecule has 0 aliphatic heterocycles. The molecule has 1 aromatic heterocycles. The summed E-state index contributed by atoms with van der Waals surface area (Å²) in [6.07, 6.45) is 2.36. The molecule has 0 bridgehead atoms. The zero-order valence-electron chi connectivity index (χ0n) is 16.8. The fraction of sp³-hybridized carbons (Fsp3) is 0.0800. The second-order valence-electron chi connectivity index (χ2n) is 7.23. The number of aromatic nitrogens is 2. The van der Waals surface area contributed by atoms with Crippen molar-refractivity contribution in [3.8, 4) is 17.0 Å². The highest BCUT2D eigenvalue weighted by Crippen LogP contribution is 2.23. The number of hydrogen-bond donors (Lipinski definition) is 3. The minimum absolute atomic E-state index is 0.165. The lowest BCUT2D eigenvalue weighted by molar-refractivity contribution is -0.115. The van der Waals surface area contributed by atoms with Crippen LogP contribution in [0.15, 0.2) is 85.1 Å². The molecule has 154 valence electrons. The lowest BCUT2D eigenvalue weighted by Crippen LogP contribution is -2.17. The van der Waals surface area contributed by atoms with Gasteiger partial charge in [0.15, 0.2) is 5.82 Å². The SMILES string of the molecule is Nc1ccc(-c2cnc(NC(=O)Cc3ccc(O)cc3)c(Cc3ccccc3)n2)cc1. The van der Waals surface area contributed by atoms with Crippen LogP contribution in [0, 0.1) is 0 Å². The maximum Gasteiger partial charge on any atom is 0.229 e. The van der Waals surface area contributed by atoms with E-state index in [9.17, 15) is 9.90 Å². The Kier molecular flexibility index (Phi) is 5.89. The Morgan fingerprint density at radius 3 is 2.32 bits per heavy atom. The van der Waals surface area contributed by atoms with E-state index in [2.05, 4.69) is 10.3 Å². The number of phenolic OH excluding ortho intramolecular Hbond substituents is 1. The number of rotatable bonds is 6. The van der Waals surface area contributed by atoms with Crippen LogP contribution in [0.4, 0.5) is 11.5 Å². The molecule has 6 nitrogen and oxygen atoms in total. The number of aromatic hydroxyl groups is 1. The Hall–Kier alpha value is -4.19. The van der Waals surface area contributed by atoms with Gasteiger partial charge in [-0.15, -0.1) is 0 Å². The Morgan fingerprint density at radius 2 is 1.61 bits per heavy atom. The molecule has 0 spiro atoms. The predicted octanol–water partition coefficient (Wildman–Crippen LogP) is 4.20. The first kappa shape index (κ1) is 20.1. The summed E-state index contributed by atoms with van der Waals surface area (Å²) < 4.78 is 0. The molecule has 3 aromatic carbocycles. The van der Waals surface area contributed by atoms with Crippen LogP contribution < -0.4 is 11.1 Å². The molecule has 0 saturated heterocycles. The van der Waals surface area contributed by atoms with Crippen LogP contribution in [0.25, 0.3) is 11.3 Å². The topological polar surface area (TPSA) is 101 Å². The second-order valence-corrected chi connectivity index (χ2v) is 7.23. The molecule has 4 aromatic rings. The minimum Gasteiger partial charge on any atom is -0.508 e. The monoisotopic (exact) mass is 410 g/mol. The van der Waals surface area contributed by atoms with Crippen LogP contribution in [0.1, 0.15) is 16.8 Å². The average molecular weight is 410 g/mol. The lowest BCUT2D eigenvalue weighted by Gasteiger charge is -2.12. The summed E-state index contributed by atoms with van der Waals surface area (Å²) in [7, 11) is 0. The molecule has 1 heterocycles. The van der Waals surface area contributed by atoms with E-state index < -0.39 is 0 Å². The predicted molar refractivity (Wildman–Crippen MR) is 122 cm³/mol. The maximum absolute atomic E-state index is 12.6. The average Bonchev–Trinajstić information content (AvgIpc) is 2.78. The van der Waals surface area contributed by atoms with Gasteiger partial charge >= 0.3 is 0 Å². The van der Waals surface area contributed by atoms with Crippen molar-refractivity contribution in [3.63, 3.8) is 0 Å². The van der Waals surface area contributed by atoms with Gasteiger partial charge in [0.1, 0.15) is 5.75 Å². The van der Waals surface area contributed by atoms with Gasteiger partial charge in [0.25, 0.3) is 0 Å². The number of amides is 1. The highest BCUT2D eigenvalue weighted by atomic mass is 16.3. The molecular formula is C25H22N4O2. The molecule has 4 N–H and O–H groups in total. The van der Waals surface area contributed by atoms with Gasteiger partial charge in [-0.1, -0.05) is 54.6 Å². The van der Waals surface area contributed by atoms with Crippen LogP contribution in [0.2, 0.25) is 0 Å². The fourth-order valence-electron chi connectivity index (χ4n) is 3.21. The number of carbonyl (C=O) groups excluding carboxylic acids is 1. The normalized spacial score (nSPS) is 10.6. The number of nitrogens with two attached hydrogens (primary N) is 1. The summed E-state index contributed by atoms with van der Waals surface area (Å²) in [6, 6.07) is 23.9. The fourth-order valence-corrected chi connectivity index (χ4v) is 3.21. The van der Waals surface area contributed by atoms with Gasteiger partial charge in [-0.05, 0) is 35.4 Å². The zero-order chi connectivity index (χ0) is 21.6. The van der Waals surface area contributed by atoms with Crippen molar-refractivity contribution in [1.82, 2.24) is 9.97 Å². The van der Waals surface area contributed by atoms with Crippen LogP contribution in [0.5, 0.6) is 5.75 Å². The Balaban J connectivity index is 1.61. The third kappa shape index (κ3) is 5.25. The van der Waals surface area contributed by atoms with Gasteiger partial charge in [0.05, 0.1) is 24.0 Å². The molecule has 0 saturated carbocycles. The van der Waals surface area contributed by atoms with E-state index in [-0.39, 0.29) is 18.1 Å². The van der Waals surface area contributed by atoms with Crippen molar-refractivity contribution in [1.29, 1.82) is 0 Å². The number of nitrogens with zero attached hydrogens (tertiary/aromatic N) is 2. The quantitative estimate of drug-likeness (QED) is 0.414. The first-order valence-corrected chi connectivity index (χ1v) is 9.90. The number of phenols is 1. The van der Waals surface area contributed by atoms with Crippen molar-refractivity contribution in [2.24, 2.45) is 0 Å². The summed E-state index contributed by atoms with van der Waals surface area (Å²) in [5.74, 6) is 0.403. The molecule has 0 radical (unpaired) electrons. The molecule has 0 unspecified atom stereocenters. The third-order valence-corrected chi connectivity index (χ3v) is 4.82. The summed E-state index contributed by atoms with van der Waals surface area (Å²) in [4.78, 5) is 21.9. The zero-order valence-corrected chi connectivity index (χ0v) is 16.8. The Bertz CT molecular complexity index is 1170. The minimum atomic E-state index is -0.200. The smallest absolute Gasteiger partial charge is 0.229 e. The number of hydrogen-bond acceptors (Lipinski definition) is 5. The highest BCUT2D eigenvalue weighted by Gasteiger charge is 2.13. The van der Waals surface area contributed by atoms with Gasteiger partial charge in [-0.3, -0.25) is 4.79 Å². The molecule has 4 rings (SSSR count). The van der Waals surface area contributed by atoms with Crippen LogP contribution >= 0.6 is 0 Å². The van der Waals surface area contributed by atoms with Crippen LogP contribution in [-0.4, -0.2) is 21.0 Å². The van der Waals surface area contributed by atoms with Crippen molar-refractivity contribution >= 4 is 17.4 Å². The van der Waals surface area contributed by atoms with Crippen LogP contribution in [-0.2, 0) is 17.6 Å². The molecule has 31 heavy (non-hydrogen) atoms. The molecule has 1 amide bonds. The number of anilines is 2. The Labute approximate surface area is 180 Å². The van der Waals surface area contributed by atoms with E-state index in [1.54, 1.807) is 30.5 Å². The first-order chi connectivity index (χ1) is 15.1. The third-order valence-electron chi connectivity index (χ3n) is 4.82. The van der Waals surface area contributed by atoms with E-state index in [0.717, 1.165) is 16.7 Å². The molecule has 6 heteroatoms. The molecule has 0 atom stereocenters. The van der Waals surface area contributed by atoms with E-state index in [0.29, 0.717) is 29.3 Å². The highest BCUT2D eigenvalue weighted by molar-refractivity contribution is 5.92. The molecule has 0 aliphatic rings. The number of benzene rings is 3. The summed E-state index contributed by atoms with van der Waals surface area (Å²) in [5.41, 5.74) is 10.6. The number of nitrogen functional groups attached to an aromatic ring is 1. The lowest BCUT2D eigenvalue weighted by atomic mass is 10.1. The van der Waals surface area contributed by atoms with Crippen LogP contribution in [0.3, 0.4) is 0 Å². The number of nitrogens with one attached hydrogen (secondary N) is 1. The maximum atomic E-state index is 12.6. The van der Waals surface area contributed by atoms with Crippen molar-refractivity contribution in [2.75, 3.05) is 11.1 Å². The van der Waals surface area contributed by atoms with E-state index in [1.807, 2.05) is 54.6 Å². The molecular weight excluding hydrogens is 388 g/mol.